The Morgan fingerprint density at radius 2 is 2.32 bits per heavy atom. The lowest BCUT2D eigenvalue weighted by Gasteiger charge is -2.17. The molecular formula is C12H14ClN5O. The van der Waals surface area contributed by atoms with Gasteiger partial charge in [-0.1, -0.05) is 11.6 Å². The van der Waals surface area contributed by atoms with Gasteiger partial charge < -0.3 is 15.2 Å². The molecule has 0 aliphatic heterocycles. The standard InChI is InChI=1S/C12H14ClN5O/c1-18(11-3-2-9(13)6-16-11)8-12(19)17-7-10-14-4-5-15-10/h2-6H,7-8H2,1H3,(H,14,15)(H,17,19). The number of nitrogens with one attached hydrogen (secondary N) is 2. The molecule has 2 aromatic rings. The van der Waals surface area contributed by atoms with Crippen molar-refractivity contribution in [2.24, 2.45) is 0 Å². The van der Waals surface area contributed by atoms with Gasteiger partial charge in [0.05, 0.1) is 18.1 Å². The highest BCUT2D eigenvalue weighted by Gasteiger charge is 2.08. The maximum Gasteiger partial charge on any atom is 0.239 e. The summed E-state index contributed by atoms with van der Waals surface area (Å²) < 4.78 is 0. The van der Waals surface area contributed by atoms with Gasteiger partial charge in [0.1, 0.15) is 11.6 Å². The summed E-state index contributed by atoms with van der Waals surface area (Å²) >= 11 is 5.76. The molecule has 0 aromatic carbocycles. The predicted octanol–water partition coefficient (Wildman–Crippen LogP) is 1.21. The second-order valence-electron chi connectivity index (χ2n) is 4.00. The molecule has 0 aliphatic carbocycles. The van der Waals surface area contributed by atoms with E-state index in [0.717, 1.165) is 5.82 Å². The van der Waals surface area contributed by atoms with E-state index in [1.54, 1.807) is 42.7 Å². The van der Waals surface area contributed by atoms with Crippen molar-refractivity contribution < 1.29 is 4.79 Å². The molecule has 19 heavy (non-hydrogen) atoms. The highest BCUT2D eigenvalue weighted by atomic mass is 35.5. The summed E-state index contributed by atoms with van der Waals surface area (Å²) in [5, 5.41) is 3.34. The number of anilines is 1. The number of imidazole rings is 1. The Hall–Kier alpha value is -2.08. The van der Waals surface area contributed by atoms with E-state index in [1.807, 2.05) is 0 Å². The summed E-state index contributed by atoms with van der Waals surface area (Å²) in [7, 11) is 1.79. The molecule has 0 atom stereocenters. The maximum atomic E-state index is 11.7. The van der Waals surface area contributed by atoms with E-state index < -0.39 is 0 Å². The van der Waals surface area contributed by atoms with Gasteiger partial charge >= 0.3 is 0 Å². The third-order valence-electron chi connectivity index (χ3n) is 2.49. The highest BCUT2D eigenvalue weighted by molar-refractivity contribution is 6.30. The Balaban J connectivity index is 1.83. The molecule has 2 heterocycles. The smallest absolute Gasteiger partial charge is 0.239 e. The van der Waals surface area contributed by atoms with Crippen LogP contribution in [0.1, 0.15) is 5.82 Å². The van der Waals surface area contributed by atoms with E-state index in [-0.39, 0.29) is 12.5 Å². The van der Waals surface area contributed by atoms with Gasteiger partial charge in [-0.25, -0.2) is 9.97 Å². The first-order valence-corrected chi connectivity index (χ1v) is 6.10. The minimum Gasteiger partial charge on any atom is -0.350 e. The number of rotatable bonds is 5. The van der Waals surface area contributed by atoms with Crippen LogP contribution in [0, 0.1) is 0 Å². The Morgan fingerprint density at radius 3 is 2.95 bits per heavy atom. The molecular weight excluding hydrogens is 266 g/mol. The van der Waals surface area contributed by atoms with Crippen molar-refractivity contribution in [1.29, 1.82) is 0 Å². The van der Waals surface area contributed by atoms with Crippen molar-refractivity contribution in [2.75, 3.05) is 18.5 Å². The largest absolute Gasteiger partial charge is 0.350 e. The monoisotopic (exact) mass is 279 g/mol. The molecule has 0 unspecified atom stereocenters. The third kappa shape index (κ3) is 3.96. The van der Waals surface area contributed by atoms with Crippen LogP contribution in [0.15, 0.2) is 30.7 Å². The van der Waals surface area contributed by atoms with E-state index in [0.29, 0.717) is 17.4 Å². The zero-order chi connectivity index (χ0) is 13.7. The van der Waals surface area contributed by atoms with Crippen molar-refractivity contribution in [2.45, 2.75) is 6.54 Å². The number of carbonyl (C=O) groups excluding carboxylic acids is 1. The number of aromatic amines is 1. The molecule has 0 saturated heterocycles. The average Bonchev–Trinajstić information content (AvgIpc) is 2.90. The van der Waals surface area contributed by atoms with Crippen LogP contribution in [-0.4, -0.2) is 34.5 Å². The van der Waals surface area contributed by atoms with Crippen molar-refractivity contribution in [1.82, 2.24) is 20.3 Å². The number of hydrogen-bond donors (Lipinski definition) is 2. The maximum absolute atomic E-state index is 11.7. The number of carbonyl (C=O) groups is 1. The molecule has 0 saturated carbocycles. The number of H-pyrrole nitrogens is 1. The molecule has 0 radical (unpaired) electrons. The molecule has 7 heteroatoms. The summed E-state index contributed by atoms with van der Waals surface area (Å²) in [5.41, 5.74) is 0. The Labute approximate surface area is 115 Å². The number of nitrogens with zero attached hydrogens (tertiary/aromatic N) is 3. The number of amides is 1. The molecule has 100 valence electrons. The van der Waals surface area contributed by atoms with E-state index >= 15 is 0 Å². The van der Waals surface area contributed by atoms with Gasteiger partial charge in [0, 0.05) is 25.6 Å². The first-order chi connectivity index (χ1) is 9.15. The van der Waals surface area contributed by atoms with E-state index in [4.69, 9.17) is 11.6 Å². The van der Waals surface area contributed by atoms with Crippen LogP contribution < -0.4 is 10.2 Å². The van der Waals surface area contributed by atoms with Crippen molar-refractivity contribution in [3.63, 3.8) is 0 Å². The van der Waals surface area contributed by atoms with Crippen molar-refractivity contribution in [3.05, 3.63) is 41.6 Å². The van der Waals surface area contributed by atoms with E-state index in [9.17, 15) is 4.79 Å². The molecule has 2 rings (SSSR count). The number of likely N-dealkylation sites (N-methyl/N-ethyl adjacent to an activating group) is 1. The van der Waals surface area contributed by atoms with Gasteiger partial charge in [0.15, 0.2) is 0 Å². The zero-order valence-electron chi connectivity index (χ0n) is 10.4. The fraction of sp³-hybridized carbons (Fsp3) is 0.250. The second-order valence-corrected chi connectivity index (χ2v) is 4.44. The van der Waals surface area contributed by atoms with Crippen LogP contribution in [0.5, 0.6) is 0 Å². The third-order valence-corrected chi connectivity index (χ3v) is 2.72. The predicted molar refractivity (Wildman–Crippen MR) is 73.0 cm³/mol. The van der Waals surface area contributed by atoms with Crippen molar-refractivity contribution >= 4 is 23.3 Å². The number of hydrogen-bond acceptors (Lipinski definition) is 4. The van der Waals surface area contributed by atoms with Gasteiger partial charge in [-0.3, -0.25) is 4.79 Å². The van der Waals surface area contributed by atoms with Crippen LogP contribution in [0.2, 0.25) is 5.02 Å². The molecule has 0 spiro atoms. The van der Waals surface area contributed by atoms with Crippen molar-refractivity contribution in [3.8, 4) is 0 Å². The molecule has 0 aliphatic rings. The number of pyridine rings is 1. The molecule has 6 nitrogen and oxygen atoms in total. The minimum atomic E-state index is -0.101. The lowest BCUT2D eigenvalue weighted by molar-refractivity contribution is -0.119. The first-order valence-electron chi connectivity index (χ1n) is 5.73. The Morgan fingerprint density at radius 1 is 1.47 bits per heavy atom. The van der Waals surface area contributed by atoms with Crippen LogP contribution in [-0.2, 0) is 11.3 Å². The summed E-state index contributed by atoms with van der Waals surface area (Å²) in [5.74, 6) is 1.31. The summed E-state index contributed by atoms with van der Waals surface area (Å²) in [6.07, 6.45) is 4.91. The fourth-order valence-electron chi connectivity index (χ4n) is 1.52. The van der Waals surface area contributed by atoms with Gasteiger partial charge in [0.2, 0.25) is 5.91 Å². The average molecular weight is 280 g/mol. The van der Waals surface area contributed by atoms with Crippen LogP contribution in [0.4, 0.5) is 5.82 Å². The normalized spacial score (nSPS) is 10.2. The van der Waals surface area contributed by atoms with Crippen LogP contribution >= 0.6 is 11.6 Å². The van der Waals surface area contributed by atoms with Gasteiger partial charge in [-0.2, -0.15) is 0 Å². The molecule has 0 bridgehead atoms. The van der Waals surface area contributed by atoms with Gasteiger partial charge in [0.25, 0.3) is 0 Å². The lowest BCUT2D eigenvalue weighted by Crippen LogP contribution is -2.35. The molecule has 1 amide bonds. The van der Waals surface area contributed by atoms with Gasteiger partial charge in [-0.05, 0) is 12.1 Å². The lowest BCUT2D eigenvalue weighted by atomic mass is 10.4. The Kier molecular flexibility index (Phi) is 4.35. The summed E-state index contributed by atoms with van der Waals surface area (Å²) in [4.78, 5) is 24.6. The Bertz CT molecular complexity index is 526. The second kappa shape index (κ2) is 6.19. The van der Waals surface area contributed by atoms with Crippen LogP contribution in [0.3, 0.4) is 0 Å². The summed E-state index contributed by atoms with van der Waals surface area (Å²) in [6.45, 7) is 0.600. The summed E-state index contributed by atoms with van der Waals surface area (Å²) in [6, 6.07) is 3.50. The number of aromatic nitrogens is 3. The quantitative estimate of drug-likeness (QED) is 0.863. The first kappa shape index (κ1) is 13.4. The zero-order valence-corrected chi connectivity index (χ0v) is 11.2. The molecule has 2 aromatic heterocycles. The van der Waals surface area contributed by atoms with E-state index in [1.165, 1.54) is 0 Å². The number of halogens is 1. The molecule has 0 fully saturated rings. The topological polar surface area (TPSA) is 73.9 Å². The van der Waals surface area contributed by atoms with E-state index in [2.05, 4.69) is 20.3 Å². The fourth-order valence-corrected chi connectivity index (χ4v) is 1.63. The minimum absolute atomic E-state index is 0.101. The highest BCUT2D eigenvalue weighted by Crippen LogP contribution is 2.12. The van der Waals surface area contributed by atoms with Crippen LogP contribution in [0.25, 0.3) is 0 Å². The van der Waals surface area contributed by atoms with Gasteiger partial charge in [-0.15, -0.1) is 0 Å². The molecule has 2 N–H and O–H groups in total. The SMILES string of the molecule is CN(CC(=O)NCc1ncc[nH]1)c1ccc(Cl)cn1.